The number of nitrogens with zero attached hydrogens (tertiary/aromatic N) is 4. The molecule has 8 heteroatoms. The summed E-state index contributed by atoms with van der Waals surface area (Å²) in [6, 6.07) is 13.9. The summed E-state index contributed by atoms with van der Waals surface area (Å²) in [5, 5.41) is 3.09. The summed E-state index contributed by atoms with van der Waals surface area (Å²) in [5.74, 6) is 1.38. The van der Waals surface area contributed by atoms with Crippen LogP contribution in [0.25, 0.3) is 33.7 Å². The van der Waals surface area contributed by atoms with Crippen LogP contribution in [0.1, 0.15) is 4.88 Å². The van der Waals surface area contributed by atoms with Gasteiger partial charge >= 0.3 is 0 Å². The normalized spacial score (nSPS) is 14.7. The summed E-state index contributed by atoms with van der Waals surface area (Å²) in [6.07, 6.45) is 1.82. The zero-order chi connectivity index (χ0) is 21.8. The fraction of sp³-hybridized carbons (Fsp3) is 0.292. The van der Waals surface area contributed by atoms with Crippen molar-refractivity contribution in [3.8, 4) is 28.4 Å². The molecule has 0 unspecified atom stereocenters. The molecule has 1 fully saturated rings. The van der Waals surface area contributed by atoms with Crippen LogP contribution >= 0.6 is 11.3 Å². The minimum atomic E-state index is 0.218. The topological polar surface area (TPSA) is 69.6 Å². The minimum Gasteiger partial charge on any atom is -0.468 e. The van der Waals surface area contributed by atoms with Crippen molar-refractivity contribution < 1.29 is 14.2 Å². The number of ether oxygens (including phenoxy) is 3. The van der Waals surface area contributed by atoms with Gasteiger partial charge in [0.2, 0.25) is 0 Å². The summed E-state index contributed by atoms with van der Waals surface area (Å²) in [7, 11) is 1.60. The predicted octanol–water partition coefficient (Wildman–Crippen LogP) is 4.24. The molecule has 0 radical (unpaired) electrons. The summed E-state index contributed by atoms with van der Waals surface area (Å²) < 4.78 is 15.8. The average molecular weight is 449 g/mol. The Bertz CT molecular complexity index is 1190. The smallest absolute Gasteiger partial charge is 0.188 e. The van der Waals surface area contributed by atoms with Crippen LogP contribution in [0.5, 0.6) is 5.75 Å². The van der Waals surface area contributed by atoms with Crippen molar-refractivity contribution >= 4 is 22.4 Å². The molecule has 0 N–H and O–H groups in total. The molecule has 7 nitrogen and oxygen atoms in total. The van der Waals surface area contributed by atoms with E-state index in [4.69, 9.17) is 24.2 Å². The SMILES string of the molecule is COCOc1ccc(-c2ncc3ccc(-c4csc(CN5CCOCC5)c4)nc3n2)cc1. The fourth-order valence-corrected chi connectivity index (χ4v) is 4.53. The molecule has 0 spiro atoms. The molecule has 1 aromatic carbocycles. The van der Waals surface area contributed by atoms with Gasteiger partial charge in [-0.15, -0.1) is 11.3 Å². The van der Waals surface area contributed by atoms with Crippen LogP contribution in [0.2, 0.25) is 0 Å². The summed E-state index contributed by atoms with van der Waals surface area (Å²) in [4.78, 5) is 17.8. The molecular weight excluding hydrogens is 424 g/mol. The molecule has 4 heterocycles. The first kappa shape index (κ1) is 21.0. The number of morpholine rings is 1. The van der Waals surface area contributed by atoms with Crippen molar-refractivity contribution in [1.82, 2.24) is 19.9 Å². The van der Waals surface area contributed by atoms with E-state index in [1.165, 1.54) is 4.88 Å². The van der Waals surface area contributed by atoms with Crippen molar-refractivity contribution in [3.63, 3.8) is 0 Å². The van der Waals surface area contributed by atoms with Crippen LogP contribution in [-0.4, -0.2) is 60.1 Å². The van der Waals surface area contributed by atoms with Crippen molar-refractivity contribution in [3.05, 3.63) is 58.9 Å². The van der Waals surface area contributed by atoms with Gasteiger partial charge in [-0.05, 0) is 42.5 Å². The highest BCUT2D eigenvalue weighted by molar-refractivity contribution is 7.10. The lowest BCUT2D eigenvalue weighted by molar-refractivity contribution is 0.0346. The van der Waals surface area contributed by atoms with E-state index in [1.807, 2.05) is 42.6 Å². The molecular formula is C24H24N4O3S. The van der Waals surface area contributed by atoms with E-state index in [0.29, 0.717) is 11.5 Å². The zero-order valence-electron chi connectivity index (χ0n) is 17.9. The second kappa shape index (κ2) is 9.70. The maximum atomic E-state index is 5.45. The summed E-state index contributed by atoms with van der Waals surface area (Å²) >= 11 is 1.77. The van der Waals surface area contributed by atoms with E-state index >= 15 is 0 Å². The van der Waals surface area contributed by atoms with Gasteiger partial charge in [-0.25, -0.2) is 15.0 Å². The number of pyridine rings is 1. The van der Waals surface area contributed by atoms with Crippen LogP contribution in [-0.2, 0) is 16.0 Å². The molecule has 0 saturated carbocycles. The molecule has 5 rings (SSSR count). The number of benzene rings is 1. The second-order valence-corrected chi connectivity index (χ2v) is 8.56. The van der Waals surface area contributed by atoms with E-state index in [2.05, 4.69) is 21.3 Å². The monoisotopic (exact) mass is 448 g/mol. The van der Waals surface area contributed by atoms with Gasteiger partial charge in [0.15, 0.2) is 18.3 Å². The predicted molar refractivity (Wildman–Crippen MR) is 125 cm³/mol. The lowest BCUT2D eigenvalue weighted by Crippen LogP contribution is -2.35. The molecule has 3 aromatic heterocycles. The molecule has 0 bridgehead atoms. The fourth-order valence-electron chi connectivity index (χ4n) is 3.61. The van der Waals surface area contributed by atoms with E-state index in [0.717, 1.165) is 60.8 Å². The number of rotatable bonds is 7. The Morgan fingerprint density at radius 2 is 1.88 bits per heavy atom. The summed E-state index contributed by atoms with van der Waals surface area (Å²) in [5.41, 5.74) is 3.65. The third-order valence-electron chi connectivity index (χ3n) is 5.33. The third-order valence-corrected chi connectivity index (χ3v) is 6.25. The molecule has 0 aliphatic carbocycles. The summed E-state index contributed by atoms with van der Waals surface area (Å²) in [6.45, 7) is 4.78. The maximum Gasteiger partial charge on any atom is 0.188 e. The van der Waals surface area contributed by atoms with Crippen molar-refractivity contribution in [2.75, 3.05) is 40.2 Å². The van der Waals surface area contributed by atoms with Crippen molar-refractivity contribution in [2.24, 2.45) is 0 Å². The first-order chi connectivity index (χ1) is 15.8. The van der Waals surface area contributed by atoms with Crippen LogP contribution in [0.3, 0.4) is 0 Å². The number of hydrogen-bond acceptors (Lipinski definition) is 8. The van der Waals surface area contributed by atoms with E-state index < -0.39 is 0 Å². The van der Waals surface area contributed by atoms with E-state index in [1.54, 1.807) is 18.4 Å². The molecule has 0 amide bonds. The van der Waals surface area contributed by atoms with Gasteiger partial charge in [0.25, 0.3) is 0 Å². The molecule has 1 aliphatic heterocycles. The Morgan fingerprint density at radius 3 is 2.69 bits per heavy atom. The Hall–Kier alpha value is -2.91. The van der Waals surface area contributed by atoms with Gasteiger partial charge in [0.1, 0.15) is 5.75 Å². The van der Waals surface area contributed by atoms with E-state index in [9.17, 15) is 0 Å². The van der Waals surface area contributed by atoms with Crippen LogP contribution in [0, 0.1) is 0 Å². The van der Waals surface area contributed by atoms with Gasteiger partial charge in [0.05, 0.1) is 18.9 Å². The first-order valence-electron chi connectivity index (χ1n) is 10.5. The maximum absolute atomic E-state index is 5.45. The van der Waals surface area contributed by atoms with Crippen molar-refractivity contribution in [2.45, 2.75) is 6.54 Å². The van der Waals surface area contributed by atoms with Gasteiger partial charge in [0, 0.05) is 59.7 Å². The van der Waals surface area contributed by atoms with Crippen LogP contribution in [0.4, 0.5) is 0 Å². The van der Waals surface area contributed by atoms with Crippen LogP contribution in [0.15, 0.2) is 54.0 Å². The molecule has 164 valence electrons. The molecule has 1 saturated heterocycles. The van der Waals surface area contributed by atoms with Gasteiger partial charge < -0.3 is 14.2 Å². The Morgan fingerprint density at radius 1 is 1.03 bits per heavy atom. The molecule has 4 aromatic rings. The minimum absolute atomic E-state index is 0.218. The lowest BCUT2D eigenvalue weighted by Gasteiger charge is -2.25. The first-order valence-corrected chi connectivity index (χ1v) is 11.4. The highest BCUT2D eigenvalue weighted by Gasteiger charge is 2.13. The quantitative estimate of drug-likeness (QED) is 0.392. The highest BCUT2D eigenvalue weighted by atomic mass is 32.1. The second-order valence-electron chi connectivity index (χ2n) is 7.57. The number of thiophene rings is 1. The third kappa shape index (κ3) is 4.78. The Balaban J connectivity index is 1.36. The number of fused-ring (bicyclic) bond motifs is 1. The Labute approximate surface area is 190 Å². The standard InChI is InChI=1S/C24H24N4O3S/c1-29-16-31-20-5-2-17(3-6-20)23-25-13-18-4-7-22(26-24(18)27-23)19-12-21(32-15-19)14-28-8-10-30-11-9-28/h2-7,12-13,15H,8-11,14,16H2,1H3. The largest absolute Gasteiger partial charge is 0.468 e. The Kier molecular flexibility index (Phi) is 6.36. The number of methoxy groups -OCH3 is 1. The average Bonchev–Trinajstić information content (AvgIpc) is 3.31. The zero-order valence-corrected chi connectivity index (χ0v) is 18.7. The van der Waals surface area contributed by atoms with Gasteiger partial charge in [-0.3, -0.25) is 4.90 Å². The van der Waals surface area contributed by atoms with Crippen molar-refractivity contribution in [1.29, 1.82) is 0 Å². The molecule has 32 heavy (non-hydrogen) atoms. The van der Waals surface area contributed by atoms with Crippen LogP contribution < -0.4 is 4.74 Å². The van der Waals surface area contributed by atoms with E-state index in [-0.39, 0.29) is 6.79 Å². The molecule has 1 aliphatic rings. The van der Waals surface area contributed by atoms with Gasteiger partial charge in [-0.2, -0.15) is 0 Å². The lowest BCUT2D eigenvalue weighted by atomic mass is 10.1. The molecule has 0 atom stereocenters. The van der Waals surface area contributed by atoms with Gasteiger partial charge in [-0.1, -0.05) is 0 Å². The number of hydrogen-bond donors (Lipinski definition) is 0. The highest BCUT2D eigenvalue weighted by Crippen LogP contribution is 2.27. The number of aromatic nitrogens is 3.